The summed E-state index contributed by atoms with van der Waals surface area (Å²) in [6.45, 7) is 6.61. The van der Waals surface area contributed by atoms with Gasteiger partial charge in [-0.1, -0.05) is 37.6 Å². The molecular formula is C16H25ClN2O. The first-order valence-corrected chi connectivity index (χ1v) is 7.46. The first-order valence-electron chi connectivity index (χ1n) is 7.09. The third-order valence-corrected chi connectivity index (χ3v) is 3.88. The molecule has 2 unspecified atom stereocenters. The van der Waals surface area contributed by atoms with E-state index in [1.165, 1.54) is 0 Å². The molecule has 0 bridgehead atoms. The molecular weight excluding hydrogens is 272 g/mol. The largest absolute Gasteiger partial charge is 0.339 e. The van der Waals surface area contributed by atoms with Crippen molar-refractivity contribution in [3.8, 4) is 0 Å². The molecule has 0 radical (unpaired) electrons. The highest BCUT2D eigenvalue weighted by Crippen LogP contribution is 2.24. The highest BCUT2D eigenvalue weighted by Gasteiger charge is 2.25. The third-order valence-electron chi connectivity index (χ3n) is 3.65. The van der Waals surface area contributed by atoms with Gasteiger partial charge in [0.1, 0.15) is 0 Å². The lowest BCUT2D eigenvalue weighted by molar-refractivity contribution is -0.136. The highest BCUT2D eigenvalue weighted by atomic mass is 35.5. The van der Waals surface area contributed by atoms with E-state index >= 15 is 0 Å². The molecule has 112 valence electrons. The highest BCUT2D eigenvalue weighted by molar-refractivity contribution is 6.30. The van der Waals surface area contributed by atoms with Crippen LogP contribution in [0, 0.1) is 11.8 Å². The summed E-state index contributed by atoms with van der Waals surface area (Å²) in [5.41, 5.74) is 6.79. The van der Waals surface area contributed by atoms with E-state index in [0.717, 1.165) is 12.0 Å². The number of nitrogens with zero attached hydrogens (tertiary/aromatic N) is 1. The van der Waals surface area contributed by atoms with Gasteiger partial charge in [-0.2, -0.15) is 0 Å². The molecule has 1 amide bonds. The summed E-state index contributed by atoms with van der Waals surface area (Å²) in [6.07, 6.45) is 0.821. The minimum Gasteiger partial charge on any atom is -0.339 e. The summed E-state index contributed by atoms with van der Waals surface area (Å²) in [6, 6.07) is 7.61. The molecule has 2 N–H and O–H groups in total. The van der Waals surface area contributed by atoms with Crippen LogP contribution in [0.2, 0.25) is 5.02 Å². The fourth-order valence-corrected chi connectivity index (χ4v) is 2.53. The van der Waals surface area contributed by atoms with Crippen molar-refractivity contribution in [3.05, 3.63) is 34.9 Å². The number of hydrogen-bond donors (Lipinski definition) is 1. The summed E-state index contributed by atoms with van der Waals surface area (Å²) >= 11 is 6.01. The van der Waals surface area contributed by atoms with E-state index in [1.54, 1.807) is 4.90 Å². The minimum atomic E-state index is -0.110. The molecule has 4 heteroatoms. The van der Waals surface area contributed by atoms with Gasteiger partial charge in [0.05, 0.1) is 12.0 Å². The average Bonchev–Trinajstić information content (AvgIpc) is 2.42. The summed E-state index contributed by atoms with van der Waals surface area (Å²) < 4.78 is 0. The Labute approximate surface area is 127 Å². The second-order valence-electron chi connectivity index (χ2n) is 5.74. The molecule has 0 aliphatic heterocycles. The molecule has 0 fully saturated rings. The van der Waals surface area contributed by atoms with Gasteiger partial charge in [-0.25, -0.2) is 0 Å². The number of hydrogen-bond acceptors (Lipinski definition) is 2. The normalized spacial score (nSPS) is 14.2. The second kappa shape index (κ2) is 7.65. The van der Waals surface area contributed by atoms with Crippen molar-refractivity contribution in [2.75, 3.05) is 13.6 Å². The quantitative estimate of drug-likeness (QED) is 0.873. The fraction of sp³-hybridized carbons (Fsp3) is 0.562. The van der Waals surface area contributed by atoms with Crippen LogP contribution in [0.15, 0.2) is 24.3 Å². The van der Waals surface area contributed by atoms with Gasteiger partial charge in [0.2, 0.25) is 5.91 Å². The Morgan fingerprint density at radius 3 is 2.50 bits per heavy atom. The van der Waals surface area contributed by atoms with Crippen molar-refractivity contribution >= 4 is 17.5 Å². The van der Waals surface area contributed by atoms with Crippen LogP contribution >= 0.6 is 11.6 Å². The van der Waals surface area contributed by atoms with E-state index in [2.05, 4.69) is 13.8 Å². The van der Waals surface area contributed by atoms with E-state index in [4.69, 9.17) is 17.3 Å². The van der Waals surface area contributed by atoms with Crippen LogP contribution in [0.3, 0.4) is 0 Å². The predicted octanol–water partition coefficient (Wildman–Crippen LogP) is 3.48. The summed E-state index contributed by atoms with van der Waals surface area (Å²) in [7, 11) is 1.83. The van der Waals surface area contributed by atoms with Crippen LogP contribution in [0.25, 0.3) is 0 Å². The van der Waals surface area contributed by atoms with Gasteiger partial charge in [0, 0.05) is 18.6 Å². The lowest BCUT2D eigenvalue weighted by Gasteiger charge is -2.29. The molecule has 3 nitrogen and oxygen atoms in total. The molecule has 0 saturated heterocycles. The van der Waals surface area contributed by atoms with Crippen LogP contribution in [-0.2, 0) is 4.79 Å². The maximum Gasteiger partial charge on any atom is 0.227 e. The van der Waals surface area contributed by atoms with Gasteiger partial charge in [0.15, 0.2) is 0 Å². The maximum absolute atomic E-state index is 12.5. The number of benzene rings is 1. The number of carbonyl (C=O) groups is 1. The zero-order chi connectivity index (χ0) is 15.3. The van der Waals surface area contributed by atoms with Crippen molar-refractivity contribution < 1.29 is 4.79 Å². The molecule has 0 heterocycles. The van der Waals surface area contributed by atoms with E-state index in [1.807, 2.05) is 38.2 Å². The molecule has 0 aliphatic carbocycles. The summed E-state index contributed by atoms with van der Waals surface area (Å²) in [5.74, 6) is 0.456. The molecule has 0 saturated carbocycles. The molecule has 1 aromatic rings. The maximum atomic E-state index is 12.5. The van der Waals surface area contributed by atoms with E-state index in [-0.39, 0.29) is 17.9 Å². The molecule has 2 atom stereocenters. The monoisotopic (exact) mass is 296 g/mol. The Kier molecular flexibility index (Phi) is 6.50. The number of halogens is 1. The number of nitrogens with two attached hydrogens (primary N) is 1. The molecule has 20 heavy (non-hydrogen) atoms. The molecule has 1 aromatic carbocycles. The van der Waals surface area contributed by atoms with Crippen molar-refractivity contribution in [1.29, 1.82) is 0 Å². The van der Waals surface area contributed by atoms with Crippen molar-refractivity contribution in [2.45, 2.75) is 33.2 Å². The minimum absolute atomic E-state index is 0.0117. The lowest BCUT2D eigenvalue weighted by atomic mass is 9.95. The molecule has 0 spiro atoms. The van der Waals surface area contributed by atoms with Gasteiger partial charge < -0.3 is 10.6 Å². The zero-order valence-electron chi connectivity index (χ0n) is 12.8. The van der Waals surface area contributed by atoms with Crippen LogP contribution in [0.5, 0.6) is 0 Å². The zero-order valence-corrected chi connectivity index (χ0v) is 13.5. The average molecular weight is 297 g/mol. The first-order chi connectivity index (χ1) is 9.36. The molecule has 0 aromatic heterocycles. The number of rotatable bonds is 6. The second-order valence-corrected chi connectivity index (χ2v) is 6.18. The Balaban J connectivity index is 2.82. The summed E-state index contributed by atoms with van der Waals surface area (Å²) in [4.78, 5) is 14.3. The van der Waals surface area contributed by atoms with Crippen molar-refractivity contribution in [2.24, 2.45) is 17.6 Å². The van der Waals surface area contributed by atoms with Gasteiger partial charge >= 0.3 is 0 Å². The summed E-state index contributed by atoms with van der Waals surface area (Å²) in [5, 5.41) is 0.688. The standard InChI is InChI=1S/C16H25ClN2O/c1-11(2)8-14(10-18)16(20)19(4)12(3)13-6-5-7-15(17)9-13/h5-7,9,11-12,14H,8,10,18H2,1-4H3. The van der Waals surface area contributed by atoms with Crippen LogP contribution in [0.4, 0.5) is 0 Å². The Hall–Kier alpha value is -1.06. The van der Waals surface area contributed by atoms with Crippen molar-refractivity contribution in [3.63, 3.8) is 0 Å². The van der Waals surface area contributed by atoms with Crippen LogP contribution in [-0.4, -0.2) is 24.4 Å². The Morgan fingerprint density at radius 2 is 2.00 bits per heavy atom. The van der Waals surface area contributed by atoms with Crippen LogP contribution in [0.1, 0.15) is 38.8 Å². The smallest absolute Gasteiger partial charge is 0.227 e. The molecule has 1 rings (SSSR count). The Bertz CT molecular complexity index is 448. The van der Waals surface area contributed by atoms with E-state index in [9.17, 15) is 4.79 Å². The van der Waals surface area contributed by atoms with Gasteiger partial charge in [0.25, 0.3) is 0 Å². The van der Waals surface area contributed by atoms with Crippen LogP contribution < -0.4 is 5.73 Å². The van der Waals surface area contributed by atoms with Gasteiger partial charge in [-0.15, -0.1) is 0 Å². The fourth-order valence-electron chi connectivity index (χ4n) is 2.34. The predicted molar refractivity (Wildman–Crippen MR) is 84.6 cm³/mol. The number of carbonyl (C=O) groups excluding carboxylic acids is 1. The van der Waals surface area contributed by atoms with Crippen molar-refractivity contribution in [1.82, 2.24) is 4.90 Å². The van der Waals surface area contributed by atoms with Gasteiger partial charge in [-0.3, -0.25) is 4.79 Å². The van der Waals surface area contributed by atoms with Gasteiger partial charge in [-0.05, 0) is 37.0 Å². The SMILES string of the molecule is CC(C)CC(CN)C(=O)N(C)C(C)c1cccc(Cl)c1. The number of amides is 1. The topological polar surface area (TPSA) is 46.3 Å². The van der Waals surface area contributed by atoms with E-state index in [0.29, 0.717) is 17.5 Å². The first kappa shape index (κ1) is 17.0. The third kappa shape index (κ3) is 4.50. The molecule has 0 aliphatic rings. The van der Waals surface area contributed by atoms with E-state index < -0.39 is 0 Å². The Morgan fingerprint density at radius 1 is 1.35 bits per heavy atom. The lowest BCUT2D eigenvalue weighted by Crippen LogP contribution is -2.38.